The number of hydrogen-bond donors (Lipinski definition) is 2. The van der Waals surface area contributed by atoms with Gasteiger partial charge in [0.05, 0.1) is 11.7 Å². The van der Waals surface area contributed by atoms with Crippen molar-refractivity contribution in [3.63, 3.8) is 0 Å². The Kier molecular flexibility index (Phi) is 4.43. The first kappa shape index (κ1) is 12.6. The number of nitrogens with one attached hydrogen (secondary N) is 1. The molecule has 0 aliphatic rings. The van der Waals surface area contributed by atoms with Gasteiger partial charge in [0.15, 0.2) is 0 Å². The lowest BCUT2D eigenvalue weighted by Gasteiger charge is -2.15. The summed E-state index contributed by atoms with van der Waals surface area (Å²) in [4.78, 5) is 15.8. The molecule has 0 saturated heterocycles. The summed E-state index contributed by atoms with van der Waals surface area (Å²) in [5.74, 6) is -0.152. The molecule has 0 fully saturated rings. The zero-order valence-corrected chi connectivity index (χ0v) is 9.90. The van der Waals surface area contributed by atoms with E-state index in [0.29, 0.717) is 12.0 Å². The van der Waals surface area contributed by atoms with Gasteiger partial charge < -0.3 is 10.4 Å². The van der Waals surface area contributed by atoms with Gasteiger partial charge in [-0.1, -0.05) is 0 Å². The lowest BCUT2D eigenvalue weighted by Crippen LogP contribution is -2.34. The van der Waals surface area contributed by atoms with Crippen LogP contribution in [0.2, 0.25) is 0 Å². The molecule has 2 unspecified atom stereocenters. The van der Waals surface area contributed by atoms with Crippen LogP contribution in [0.4, 0.5) is 0 Å². The number of rotatable bonds is 4. The molecule has 2 N–H and O–H groups in total. The number of aromatic nitrogens is 1. The number of carbonyl (C=O) groups is 1. The number of aliphatic hydroxyl groups is 1. The molecule has 1 aromatic rings. The van der Waals surface area contributed by atoms with E-state index in [2.05, 4.69) is 10.3 Å². The van der Waals surface area contributed by atoms with Crippen molar-refractivity contribution in [1.82, 2.24) is 10.3 Å². The molecule has 0 aromatic carbocycles. The zero-order chi connectivity index (χ0) is 12.1. The number of hydrogen-bond acceptors (Lipinski definition) is 3. The number of pyridine rings is 1. The summed E-state index contributed by atoms with van der Waals surface area (Å²) in [7, 11) is 0. The lowest BCUT2D eigenvalue weighted by atomic mass is 10.1. The van der Waals surface area contributed by atoms with Gasteiger partial charge in [0.25, 0.3) is 5.91 Å². The van der Waals surface area contributed by atoms with Gasteiger partial charge in [-0.05, 0) is 39.3 Å². The highest BCUT2D eigenvalue weighted by molar-refractivity contribution is 5.94. The van der Waals surface area contributed by atoms with Crippen LogP contribution in [-0.4, -0.2) is 28.1 Å². The van der Waals surface area contributed by atoms with E-state index in [4.69, 9.17) is 0 Å². The van der Waals surface area contributed by atoms with E-state index in [-0.39, 0.29) is 11.9 Å². The molecule has 0 aliphatic heterocycles. The van der Waals surface area contributed by atoms with Crippen LogP contribution in [0.3, 0.4) is 0 Å². The third-order valence-electron chi connectivity index (χ3n) is 2.25. The van der Waals surface area contributed by atoms with Gasteiger partial charge in [0.1, 0.15) is 0 Å². The second-order valence-electron chi connectivity index (χ2n) is 4.15. The Bertz CT molecular complexity index is 347. The number of aliphatic hydroxyl groups excluding tert-OH is 1. The predicted octanol–water partition coefficient (Wildman–Crippen LogP) is 1.28. The maximum absolute atomic E-state index is 11.7. The first-order valence-corrected chi connectivity index (χ1v) is 5.40. The molecule has 2 atom stereocenters. The smallest absolute Gasteiger partial charge is 0.253 e. The van der Waals surface area contributed by atoms with Gasteiger partial charge in [-0.15, -0.1) is 0 Å². The van der Waals surface area contributed by atoms with E-state index in [1.54, 1.807) is 25.3 Å². The molecule has 16 heavy (non-hydrogen) atoms. The van der Waals surface area contributed by atoms with Crippen molar-refractivity contribution in [2.75, 3.05) is 0 Å². The van der Waals surface area contributed by atoms with Crippen molar-refractivity contribution in [3.8, 4) is 0 Å². The first-order valence-electron chi connectivity index (χ1n) is 5.40. The molecule has 1 aromatic heterocycles. The normalized spacial score (nSPS) is 14.2. The molecular weight excluding hydrogens is 204 g/mol. The maximum atomic E-state index is 11.7. The monoisotopic (exact) mass is 222 g/mol. The number of aryl methyl sites for hydroxylation is 1. The molecule has 1 heterocycles. The Labute approximate surface area is 95.7 Å². The van der Waals surface area contributed by atoms with Crippen molar-refractivity contribution in [2.24, 2.45) is 0 Å². The summed E-state index contributed by atoms with van der Waals surface area (Å²) in [5.41, 5.74) is 1.43. The Hall–Kier alpha value is -1.42. The summed E-state index contributed by atoms with van der Waals surface area (Å²) in [6, 6.07) is 3.50. The second kappa shape index (κ2) is 5.61. The molecule has 0 aliphatic carbocycles. The van der Waals surface area contributed by atoms with Crippen LogP contribution in [0.1, 0.15) is 36.3 Å². The molecule has 0 bridgehead atoms. The number of nitrogens with zero attached hydrogens (tertiary/aromatic N) is 1. The van der Waals surface area contributed by atoms with Crippen molar-refractivity contribution in [2.45, 2.75) is 39.3 Å². The largest absolute Gasteiger partial charge is 0.393 e. The van der Waals surface area contributed by atoms with Gasteiger partial charge in [-0.3, -0.25) is 9.78 Å². The third kappa shape index (κ3) is 3.98. The fourth-order valence-corrected chi connectivity index (χ4v) is 1.48. The Morgan fingerprint density at radius 2 is 2.19 bits per heavy atom. The summed E-state index contributed by atoms with van der Waals surface area (Å²) < 4.78 is 0. The topological polar surface area (TPSA) is 62.2 Å². The van der Waals surface area contributed by atoms with Gasteiger partial charge in [0, 0.05) is 17.9 Å². The van der Waals surface area contributed by atoms with Crippen molar-refractivity contribution in [1.29, 1.82) is 0 Å². The van der Waals surface area contributed by atoms with Crippen LogP contribution < -0.4 is 5.32 Å². The van der Waals surface area contributed by atoms with Crippen LogP contribution in [0, 0.1) is 6.92 Å². The average Bonchev–Trinajstić information content (AvgIpc) is 2.16. The molecule has 0 saturated carbocycles. The van der Waals surface area contributed by atoms with Crippen LogP contribution in [-0.2, 0) is 0 Å². The summed E-state index contributed by atoms with van der Waals surface area (Å²) in [6.07, 6.45) is 1.69. The van der Waals surface area contributed by atoms with E-state index in [9.17, 15) is 9.90 Å². The maximum Gasteiger partial charge on any atom is 0.253 e. The van der Waals surface area contributed by atoms with Crippen molar-refractivity contribution >= 4 is 5.91 Å². The van der Waals surface area contributed by atoms with Gasteiger partial charge >= 0.3 is 0 Å². The fraction of sp³-hybridized carbons (Fsp3) is 0.500. The van der Waals surface area contributed by atoms with E-state index >= 15 is 0 Å². The van der Waals surface area contributed by atoms with Crippen molar-refractivity contribution < 1.29 is 9.90 Å². The molecule has 1 rings (SSSR count). The molecule has 4 nitrogen and oxygen atoms in total. The summed E-state index contributed by atoms with van der Waals surface area (Å²) >= 11 is 0. The van der Waals surface area contributed by atoms with Crippen LogP contribution in [0.5, 0.6) is 0 Å². The Morgan fingerprint density at radius 1 is 1.50 bits per heavy atom. The number of amides is 1. The molecule has 4 heteroatoms. The minimum atomic E-state index is -0.411. The Morgan fingerprint density at radius 3 is 2.69 bits per heavy atom. The summed E-state index contributed by atoms with van der Waals surface area (Å²) in [6.45, 7) is 5.44. The minimum absolute atomic E-state index is 0.0474. The summed E-state index contributed by atoms with van der Waals surface area (Å²) in [5, 5.41) is 12.0. The van der Waals surface area contributed by atoms with Crippen LogP contribution in [0.15, 0.2) is 18.3 Å². The Balaban J connectivity index is 2.55. The molecule has 0 radical (unpaired) electrons. The molecule has 88 valence electrons. The van der Waals surface area contributed by atoms with E-state index in [1.807, 2.05) is 13.8 Å². The van der Waals surface area contributed by atoms with E-state index in [1.165, 1.54) is 0 Å². The second-order valence-corrected chi connectivity index (χ2v) is 4.15. The predicted molar refractivity (Wildman–Crippen MR) is 62.2 cm³/mol. The van der Waals surface area contributed by atoms with Gasteiger partial charge in [-0.25, -0.2) is 0 Å². The van der Waals surface area contributed by atoms with Gasteiger partial charge in [0.2, 0.25) is 0 Å². The third-order valence-corrected chi connectivity index (χ3v) is 2.25. The highest BCUT2D eigenvalue weighted by atomic mass is 16.3. The number of carbonyl (C=O) groups excluding carboxylic acids is 1. The van der Waals surface area contributed by atoms with Crippen LogP contribution >= 0.6 is 0 Å². The minimum Gasteiger partial charge on any atom is -0.393 e. The molecular formula is C12H18N2O2. The molecule has 0 spiro atoms. The average molecular weight is 222 g/mol. The SMILES string of the molecule is Cc1ccc(C(=O)NC(C)CC(C)O)cn1. The quantitative estimate of drug-likeness (QED) is 0.806. The zero-order valence-electron chi connectivity index (χ0n) is 9.90. The van der Waals surface area contributed by atoms with E-state index < -0.39 is 6.10 Å². The first-order chi connectivity index (χ1) is 7.49. The van der Waals surface area contributed by atoms with Gasteiger partial charge in [-0.2, -0.15) is 0 Å². The van der Waals surface area contributed by atoms with Crippen LogP contribution in [0.25, 0.3) is 0 Å². The highest BCUT2D eigenvalue weighted by Gasteiger charge is 2.11. The lowest BCUT2D eigenvalue weighted by molar-refractivity contribution is 0.0922. The standard InChI is InChI=1S/C12H18N2O2/c1-8-4-5-11(7-13-8)12(16)14-9(2)6-10(3)15/h4-5,7,9-10,15H,6H2,1-3H3,(H,14,16). The van der Waals surface area contributed by atoms with E-state index in [0.717, 1.165) is 5.69 Å². The highest BCUT2D eigenvalue weighted by Crippen LogP contribution is 2.02. The van der Waals surface area contributed by atoms with Crippen molar-refractivity contribution in [3.05, 3.63) is 29.6 Å². The fourth-order valence-electron chi connectivity index (χ4n) is 1.48. The molecule has 1 amide bonds.